The molecule has 0 spiro atoms. The zero-order valence-electron chi connectivity index (χ0n) is 7.79. The second-order valence-electron chi connectivity index (χ2n) is 3.29. The van der Waals surface area contributed by atoms with Gasteiger partial charge in [-0.3, -0.25) is 4.79 Å². The third kappa shape index (κ3) is 1.76. The van der Waals surface area contributed by atoms with Crippen molar-refractivity contribution < 1.29 is 9.90 Å². The average molecular weight is 169 g/mol. The van der Waals surface area contributed by atoms with Crippen molar-refractivity contribution in [2.45, 2.75) is 33.6 Å². The summed E-state index contributed by atoms with van der Waals surface area (Å²) in [5, 5.41) is 17.7. The number of hydrogen-bond donors (Lipinski definition) is 1. The lowest BCUT2D eigenvalue weighted by Gasteiger charge is -2.24. The maximum atomic E-state index is 10.9. The van der Waals surface area contributed by atoms with E-state index >= 15 is 0 Å². The number of nitriles is 1. The van der Waals surface area contributed by atoms with Crippen LogP contribution in [0.1, 0.15) is 33.6 Å². The quantitative estimate of drug-likeness (QED) is 0.700. The van der Waals surface area contributed by atoms with Gasteiger partial charge in [-0.2, -0.15) is 5.26 Å². The summed E-state index contributed by atoms with van der Waals surface area (Å²) < 4.78 is 0. The van der Waals surface area contributed by atoms with Gasteiger partial charge in [-0.1, -0.05) is 27.2 Å². The lowest BCUT2D eigenvalue weighted by Crippen LogP contribution is -2.34. The van der Waals surface area contributed by atoms with Gasteiger partial charge in [-0.15, -0.1) is 0 Å². The normalized spacial score (nSPS) is 15.2. The molecule has 0 unspecified atom stereocenters. The summed E-state index contributed by atoms with van der Waals surface area (Å²) >= 11 is 0. The van der Waals surface area contributed by atoms with Crippen molar-refractivity contribution in [3.8, 4) is 6.07 Å². The van der Waals surface area contributed by atoms with Crippen molar-refractivity contribution in [2.24, 2.45) is 11.3 Å². The average Bonchev–Trinajstić information content (AvgIpc) is 1.98. The van der Waals surface area contributed by atoms with E-state index in [0.29, 0.717) is 6.42 Å². The first-order valence-electron chi connectivity index (χ1n) is 4.16. The van der Waals surface area contributed by atoms with Gasteiger partial charge in [0.25, 0.3) is 0 Å². The molecule has 0 radical (unpaired) electrons. The molecule has 12 heavy (non-hydrogen) atoms. The van der Waals surface area contributed by atoms with Gasteiger partial charge >= 0.3 is 5.97 Å². The van der Waals surface area contributed by atoms with Gasteiger partial charge in [0.1, 0.15) is 0 Å². The maximum Gasteiger partial charge on any atom is 0.324 e. The number of carboxylic acid groups (broad SMARTS) is 1. The predicted octanol–water partition coefficient (Wildman–Crippen LogP) is 2.04. The van der Waals surface area contributed by atoms with E-state index in [1.165, 1.54) is 0 Å². The van der Waals surface area contributed by atoms with E-state index < -0.39 is 11.4 Å². The molecule has 0 saturated heterocycles. The molecule has 0 heterocycles. The molecule has 0 rings (SSSR count). The Morgan fingerprint density at radius 2 is 2.17 bits per heavy atom. The third-order valence-corrected chi connectivity index (χ3v) is 2.21. The minimum atomic E-state index is -1.19. The Labute approximate surface area is 73.0 Å². The molecule has 68 valence electrons. The van der Waals surface area contributed by atoms with Crippen molar-refractivity contribution in [3.05, 3.63) is 0 Å². The highest BCUT2D eigenvalue weighted by Crippen LogP contribution is 2.32. The number of carboxylic acids is 1. The summed E-state index contributed by atoms with van der Waals surface area (Å²) in [7, 11) is 0. The first-order valence-corrected chi connectivity index (χ1v) is 4.16. The lowest BCUT2D eigenvalue weighted by molar-refractivity contribution is -0.148. The third-order valence-electron chi connectivity index (χ3n) is 2.21. The van der Waals surface area contributed by atoms with Crippen molar-refractivity contribution >= 4 is 5.97 Å². The molecule has 0 aromatic heterocycles. The van der Waals surface area contributed by atoms with Gasteiger partial charge in [-0.25, -0.2) is 0 Å². The Kier molecular flexibility index (Phi) is 3.75. The van der Waals surface area contributed by atoms with Crippen LogP contribution in [0.3, 0.4) is 0 Å². The van der Waals surface area contributed by atoms with Gasteiger partial charge < -0.3 is 5.11 Å². The Bertz CT molecular complexity index is 205. The van der Waals surface area contributed by atoms with E-state index in [4.69, 9.17) is 10.4 Å². The summed E-state index contributed by atoms with van der Waals surface area (Å²) in [5.74, 6) is -1.14. The molecule has 0 aromatic rings. The Hall–Kier alpha value is -1.04. The molecule has 3 heteroatoms. The summed E-state index contributed by atoms with van der Waals surface area (Å²) in [4.78, 5) is 10.9. The molecule has 0 saturated carbocycles. The highest BCUT2D eigenvalue weighted by Gasteiger charge is 2.41. The summed E-state index contributed by atoms with van der Waals surface area (Å²) in [6.07, 6.45) is 1.15. The lowest BCUT2D eigenvalue weighted by atomic mass is 9.75. The summed E-state index contributed by atoms with van der Waals surface area (Å²) in [6.45, 7) is 5.43. The second kappa shape index (κ2) is 4.10. The van der Waals surface area contributed by atoms with Crippen LogP contribution in [0.2, 0.25) is 0 Å². The van der Waals surface area contributed by atoms with E-state index in [0.717, 1.165) is 6.42 Å². The SMILES string of the molecule is CCC[C@](C#N)(C(=O)O)C(C)C. The first kappa shape index (κ1) is 11.0. The molecule has 0 bridgehead atoms. The van der Waals surface area contributed by atoms with Gasteiger partial charge in [0.05, 0.1) is 6.07 Å². The van der Waals surface area contributed by atoms with Crippen molar-refractivity contribution in [1.29, 1.82) is 5.26 Å². The number of aliphatic carboxylic acids is 1. The fourth-order valence-corrected chi connectivity index (χ4v) is 1.27. The van der Waals surface area contributed by atoms with Crippen molar-refractivity contribution in [3.63, 3.8) is 0 Å². The van der Waals surface area contributed by atoms with E-state index in [1.54, 1.807) is 13.8 Å². The van der Waals surface area contributed by atoms with Crippen LogP contribution in [0.4, 0.5) is 0 Å². The monoisotopic (exact) mass is 169 g/mol. The predicted molar refractivity (Wildman–Crippen MR) is 45.4 cm³/mol. The van der Waals surface area contributed by atoms with E-state index in [-0.39, 0.29) is 5.92 Å². The molecule has 3 nitrogen and oxygen atoms in total. The van der Waals surface area contributed by atoms with E-state index in [9.17, 15) is 4.79 Å². The zero-order valence-corrected chi connectivity index (χ0v) is 7.79. The molecule has 0 aliphatic rings. The Balaban J connectivity index is 4.80. The standard InChI is InChI=1S/C9H15NO2/c1-4-5-9(6-10,7(2)3)8(11)12/h7H,4-5H2,1-3H3,(H,11,12)/t9-/m1/s1. The fraction of sp³-hybridized carbons (Fsp3) is 0.778. The number of carbonyl (C=O) groups is 1. The van der Waals surface area contributed by atoms with Crippen molar-refractivity contribution in [2.75, 3.05) is 0 Å². The van der Waals surface area contributed by atoms with E-state index in [2.05, 4.69) is 0 Å². The second-order valence-corrected chi connectivity index (χ2v) is 3.29. The van der Waals surface area contributed by atoms with Gasteiger partial charge in [0.15, 0.2) is 5.41 Å². The molecule has 1 N–H and O–H groups in total. The number of hydrogen-bond acceptors (Lipinski definition) is 2. The van der Waals surface area contributed by atoms with Crippen LogP contribution in [-0.4, -0.2) is 11.1 Å². The largest absolute Gasteiger partial charge is 0.480 e. The number of nitrogens with zero attached hydrogens (tertiary/aromatic N) is 1. The van der Waals surface area contributed by atoms with Gasteiger partial charge in [0.2, 0.25) is 0 Å². The van der Waals surface area contributed by atoms with Crippen LogP contribution in [0.5, 0.6) is 0 Å². The van der Waals surface area contributed by atoms with Gasteiger partial charge in [-0.05, 0) is 12.3 Å². The van der Waals surface area contributed by atoms with Crippen LogP contribution in [-0.2, 0) is 4.79 Å². The Morgan fingerprint density at radius 3 is 2.25 bits per heavy atom. The molecule has 0 aliphatic heterocycles. The fourth-order valence-electron chi connectivity index (χ4n) is 1.27. The molecule has 0 aliphatic carbocycles. The van der Waals surface area contributed by atoms with Crippen LogP contribution < -0.4 is 0 Å². The molecule has 1 atom stereocenters. The minimum absolute atomic E-state index is 0.139. The van der Waals surface area contributed by atoms with Crippen LogP contribution >= 0.6 is 0 Å². The van der Waals surface area contributed by atoms with Crippen LogP contribution in [0.15, 0.2) is 0 Å². The van der Waals surface area contributed by atoms with Crippen molar-refractivity contribution in [1.82, 2.24) is 0 Å². The smallest absolute Gasteiger partial charge is 0.324 e. The molecule has 0 aromatic carbocycles. The highest BCUT2D eigenvalue weighted by atomic mass is 16.4. The number of rotatable bonds is 4. The molecular formula is C9H15NO2. The Morgan fingerprint density at radius 1 is 1.67 bits per heavy atom. The molecule has 0 amide bonds. The van der Waals surface area contributed by atoms with Crippen LogP contribution in [0, 0.1) is 22.7 Å². The summed E-state index contributed by atoms with van der Waals surface area (Å²) in [6, 6.07) is 1.92. The van der Waals surface area contributed by atoms with E-state index in [1.807, 2.05) is 13.0 Å². The van der Waals surface area contributed by atoms with Crippen LogP contribution in [0.25, 0.3) is 0 Å². The summed E-state index contributed by atoms with van der Waals surface area (Å²) in [5.41, 5.74) is -1.19. The topological polar surface area (TPSA) is 61.1 Å². The maximum absolute atomic E-state index is 10.9. The molecular weight excluding hydrogens is 154 g/mol. The molecule has 0 fully saturated rings. The highest BCUT2D eigenvalue weighted by molar-refractivity contribution is 5.78. The van der Waals surface area contributed by atoms with Gasteiger partial charge in [0, 0.05) is 0 Å². The minimum Gasteiger partial charge on any atom is -0.480 e. The first-order chi connectivity index (χ1) is 5.51. The zero-order chi connectivity index (χ0) is 9.78.